The van der Waals surface area contributed by atoms with Crippen LogP contribution in [0.4, 0.5) is 11.6 Å². The van der Waals surface area contributed by atoms with Crippen molar-refractivity contribution in [3.05, 3.63) is 53.0 Å². The summed E-state index contributed by atoms with van der Waals surface area (Å²) < 4.78 is 5.87. The molecular formula is C22H26N4OS. The van der Waals surface area contributed by atoms with Gasteiger partial charge >= 0.3 is 0 Å². The predicted octanol–water partition coefficient (Wildman–Crippen LogP) is 5.04. The van der Waals surface area contributed by atoms with Gasteiger partial charge in [-0.05, 0) is 86.6 Å². The average Bonchev–Trinajstić information content (AvgIpc) is 3.36. The van der Waals surface area contributed by atoms with E-state index in [-0.39, 0.29) is 0 Å². The van der Waals surface area contributed by atoms with Crippen molar-refractivity contribution >= 4 is 23.0 Å². The third kappa shape index (κ3) is 4.69. The van der Waals surface area contributed by atoms with Crippen LogP contribution in [0.25, 0.3) is 10.6 Å². The monoisotopic (exact) mass is 394 g/mol. The number of likely N-dealkylation sites (tertiary alicyclic amines) is 1. The highest BCUT2D eigenvalue weighted by molar-refractivity contribution is 7.13. The van der Waals surface area contributed by atoms with Crippen molar-refractivity contribution in [2.45, 2.75) is 26.7 Å². The van der Waals surface area contributed by atoms with Crippen molar-refractivity contribution in [1.29, 1.82) is 0 Å². The van der Waals surface area contributed by atoms with Gasteiger partial charge in [0, 0.05) is 18.4 Å². The summed E-state index contributed by atoms with van der Waals surface area (Å²) in [6.45, 7) is 8.29. The van der Waals surface area contributed by atoms with E-state index in [0.29, 0.717) is 5.95 Å². The third-order valence-corrected chi connectivity index (χ3v) is 5.98. The summed E-state index contributed by atoms with van der Waals surface area (Å²) in [5.74, 6) is 1.50. The molecule has 0 unspecified atom stereocenters. The molecule has 1 N–H and O–H groups in total. The van der Waals surface area contributed by atoms with Gasteiger partial charge in [-0.25, -0.2) is 9.97 Å². The molecule has 3 heterocycles. The number of thiophene rings is 1. The fourth-order valence-corrected chi connectivity index (χ4v) is 4.32. The Kier molecular flexibility index (Phi) is 5.88. The van der Waals surface area contributed by atoms with Crippen LogP contribution in [-0.2, 0) is 0 Å². The molecule has 2 aromatic heterocycles. The molecule has 0 atom stereocenters. The number of hydrogen-bond donors (Lipinski definition) is 1. The lowest BCUT2D eigenvalue weighted by Crippen LogP contribution is -2.25. The quantitative estimate of drug-likeness (QED) is 0.608. The molecule has 0 amide bonds. The first-order valence-electron chi connectivity index (χ1n) is 9.79. The van der Waals surface area contributed by atoms with Crippen molar-refractivity contribution in [3.63, 3.8) is 0 Å². The Morgan fingerprint density at radius 1 is 1.14 bits per heavy atom. The number of anilines is 2. The minimum Gasteiger partial charge on any atom is -0.492 e. The van der Waals surface area contributed by atoms with Gasteiger partial charge in [-0.1, -0.05) is 0 Å². The van der Waals surface area contributed by atoms with Gasteiger partial charge in [-0.15, -0.1) is 11.3 Å². The summed E-state index contributed by atoms with van der Waals surface area (Å²) in [6, 6.07) is 10.2. The number of nitrogens with zero attached hydrogens (tertiary/aromatic N) is 3. The standard InChI is InChI=1S/C22H26N4OS/c1-16-13-20(28-15-16)21-17(2)14-23-22(25-21)24-18-5-7-19(8-6-18)27-12-11-26-9-3-4-10-26/h5-8,13-15H,3-4,9-12H2,1-2H3,(H,23,24,25). The molecule has 4 rings (SSSR count). The Morgan fingerprint density at radius 2 is 1.93 bits per heavy atom. The predicted molar refractivity (Wildman–Crippen MR) is 116 cm³/mol. The highest BCUT2D eigenvalue weighted by atomic mass is 32.1. The van der Waals surface area contributed by atoms with E-state index in [1.54, 1.807) is 11.3 Å². The highest BCUT2D eigenvalue weighted by Gasteiger charge is 2.11. The van der Waals surface area contributed by atoms with Gasteiger partial charge in [0.05, 0.1) is 10.6 Å². The van der Waals surface area contributed by atoms with Crippen LogP contribution in [0.15, 0.2) is 41.9 Å². The van der Waals surface area contributed by atoms with Crippen LogP contribution in [0.3, 0.4) is 0 Å². The second-order valence-corrected chi connectivity index (χ2v) is 8.17. The minimum absolute atomic E-state index is 0.606. The van der Waals surface area contributed by atoms with Crippen molar-refractivity contribution < 1.29 is 4.74 Å². The third-order valence-electron chi connectivity index (χ3n) is 4.92. The highest BCUT2D eigenvalue weighted by Crippen LogP contribution is 2.29. The molecule has 0 bridgehead atoms. The summed E-state index contributed by atoms with van der Waals surface area (Å²) in [5, 5.41) is 5.44. The first kappa shape index (κ1) is 18.9. The van der Waals surface area contributed by atoms with Gasteiger partial charge in [-0.3, -0.25) is 4.90 Å². The van der Waals surface area contributed by atoms with Gasteiger partial charge in [0.25, 0.3) is 0 Å². The van der Waals surface area contributed by atoms with Crippen LogP contribution in [0, 0.1) is 13.8 Å². The van der Waals surface area contributed by atoms with E-state index < -0.39 is 0 Å². The summed E-state index contributed by atoms with van der Waals surface area (Å²) >= 11 is 1.71. The molecule has 1 fully saturated rings. The van der Waals surface area contributed by atoms with E-state index in [1.807, 2.05) is 37.4 Å². The molecule has 146 valence electrons. The van der Waals surface area contributed by atoms with Crippen LogP contribution in [-0.4, -0.2) is 41.1 Å². The molecule has 1 aliphatic heterocycles. The van der Waals surface area contributed by atoms with Gasteiger partial charge in [0.1, 0.15) is 12.4 Å². The van der Waals surface area contributed by atoms with Crippen molar-refractivity contribution in [1.82, 2.24) is 14.9 Å². The molecular weight excluding hydrogens is 368 g/mol. The van der Waals surface area contributed by atoms with Crippen molar-refractivity contribution in [3.8, 4) is 16.3 Å². The number of ether oxygens (including phenoxy) is 1. The van der Waals surface area contributed by atoms with Gasteiger partial charge in [-0.2, -0.15) is 0 Å². The molecule has 3 aromatic rings. The smallest absolute Gasteiger partial charge is 0.227 e. The van der Waals surface area contributed by atoms with Gasteiger partial charge in [0.2, 0.25) is 5.95 Å². The molecule has 0 spiro atoms. The minimum atomic E-state index is 0.606. The SMILES string of the molecule is Cc1csc(-c2nc(Nc3ccc(OCCN4CCCC4)cc3)ncc2C)c1. The molecule has 0 aliphatic carbocycles. The maximum absolute atomic E-state index is 5.87. The van der Waals surface area contributed by atoms with Crippen LogP contribution >= 0.6 is 11.3 Å². The van der Waals surface area contributed by atoms with E-state index in [4.69, 9.17) is 9.72 Å². The molecule has 1 aliphatic rings. The average molecular weight is 395 g/mol. The lowest BCUT2D eigenvalue weighted by atomic mass is 10.2. The van der Waals surface area contributed by atoms with E-state index in [1.165, 1.54) is 36.4 Å². The Morgan fingerprint density at radius 3 is 2.64 bits per heavy atom. The number of benzene rings is 1. The summed E-state index contributed by atoms with van der Waals surface area (Å²) in [4.78, 5) is 12.8. The first-order chi connectivity index (χ1) is 13.7. The fraction of sp³-hybridized carbons (Fsp3) is 0.364. The Bertz CT molecular complexity index is 917. The number of hydrogen-bond acceptors (Lipinski definition) is 6. The molecule has 28 heavy (non-hydrogen) atoms. The van der Waals surface area contributed by atoms with Gasteiger partial charge in [0.15, 0.2) is 0 Å². The molecule has 0 saturated carbocycles. The second-order valence-electron chi connectivity index (χ2n) is 7.26. The Balaban J connectivity index is 1.37. The summed E-state index contributed by atoms with van der Waals surface area (Å²) in [5.41, 5.74) is 4.27. The van der Waals surface area contributed by atoms with E-state index in [0.717, 1.165) is 35.8 Å². The molecule has 1 aromatic carbocycles. The molecule has 6 heteroatoms. The zero-order chi connectivity index (χ0) is 19.3. The maximum atomic E-state index is 5.87. The number of aryl methyl sites for hydroxylation is 2. The van der Waals surface area contributed by atoms with Crippen molar-refractivity contribution in [2.24, 2.45) is 0 Å². The van der Waals surface area contributed by atoms with Crippen molar-refractivity contribution in [2.75, 3.05) is 31.6 Å². The molecule has 0 radical (unpaired) electrons. The second kappa shape index (κ2) is 8.71. The Labute approximate surface area is 170 Å². The Hall–Kier alpha value is -2.44. The molecule has 1 saturated heterocycles. The number of aromatic nitrogens is 2. The lowest BCUT2D eigenvalue weighted by Gasteiger charge is -2.15. The fourth-order valence-electron chi connectivity index (χ4n) is 3.37. The zero-order valence-corrected chi connectivity index (χ0v) is 17.3. The molecule has 5 nitrogen and oxygen atoms in total. The number of rotatable bonds is 7. The lowest BCUT2D eigenvalue weighted by molar-refractivity contribution is 0.238. The topological polar surface area (TPSA) is 50.3 Å². The van der Waals surface area contributed by atoms with E-state index >= 15 is 0 Å². The van der Waals surface area contributed by atoms with Gasteiger partial charge < -0.3 is 10.1 Å². The van der Waals surface area contributed by atoms with E-state index in [9.17, 15) is 0 Å². The van der Waals surface area contributed by atoms with Crippen LogP contribution in [0.2, 0.25) is 0 Å². The maximum Gasteiger partial charge on any atom is 0.227 e. The van der Waals surface area contributed by atoms with Crippen LogP contribution < -0.4 is 10.1 Å². The van der Waals surface area contributed by atoms with Crippen LogP contribution in [0.5, 0.6) is 5.75 Å². The largest absolute Gasteiger partial charge is 0.492 e. The first-order valence-corrected chi connectivity index (χ1v) is 10.7. The summed E-state index contributed by atoms with van der Waals surface area (Å²) in [6.07, 6.45) is 4.50. The zero-order valence-electron chi connectivity index (χ0n) is 16.4. The normalized spacial score (nSPS) is 14.4. The van der Waals surface area contributed by atoms with E-state index in [2.05, 4.69) is 33.6 Å². The number of nitrogens with one attached hydrogen (secondary N) is 1. The summed E-state index contributed by atoms with van der Waals surface area (Å²) in [7, 11) is 0. The van der Waals surface area contributed by atoms with Crippen LogP contribution in [0.1, 0.15) is 24.0 Å².